The molecule has 0 aliphatic rings. The Kier molecular flexibility index (Phi) is 16.0. The molecule has 4 nitrogen and oxygen atoms in total. The minimum atomic E-state index is -0.948. The van der Waals surface area contributed by atoms with Crippen LogP contribution in [0.4, 0.5) is 0 Å². The third kappa shape index (κ3) is 14.5. The van der Waals surface area contributed by atoms with Crippen molar-refractivity contribution < 1.29 is 14.7 Å². The standard InChI is InChI=1S/C20H39NO3/c1-3-5-6-7-8-9-10-11-12-13-14-15-16-17-19(22)21-18(4-2)20(23)24/h18H,3-17H2,1-2H3,(H,21,22)(H,23,24). The van der Waals surface area contributed by atoms with Crippen molar-refractivity contribution in [1.29, 1.82) is 0 Å². The first-order chi connectivity index (χ1) is 11.6. The van der Waals surface area contributed by atoms with E-state index in [4.69, 9.17) is 5.11 Å². The van der Waals surface area contributed by atoms with Crippen LogP contribution in [0.3, 0.4) is 0 Å². The first-order valence-electron chi connectivity index (χ1n) is 10.1. The molecule has 0 aromatic carbocycles. The van der Waals surface area contributed by atoms with Crippen LogP contribution in [-0.4, -0.2) is 23.0 Å². The van der Waals surface area contributed by atoms with E-state index in [0.29, 0.717) is 12.8 Å². The molecule has 0 spiro atoms. The molecule has 1 amide bonds. The van der Waals surface area contributed by atoms with Crippen molar-refractivity contribution in [3.8, 4) is 0 Å². The maximum absolute atomic E-state index is 11.6. The van der Waals surface area contributed by atoms with E-state index in [1.165, 1.54) is 70.6 Å². The van der Waals surface area contributed by atoms with Gasteiger partial charge in [0.1, 0.15) is 6.04 Å². The second kappa shape index (κ2) is 16.8. The molecule has 0 heterocycles. The topological polar surface area (TPSA) is 66.4 Å². The number of nitrogens with one attached hydrogen (secondary N) is 1. The Morgan fingerprint density at radius 3 is 1.54 bits per heavy atom. The fourth-order valence-electron chi connectivity index (χ4n) is 2.91. The van der Waals surface area contributed by atoms with Crippen LogP contribution >= 0.6 is 0 Å². The van der Waals surface area contributed by atoms with Crippen molar-refractivity contribution in [2.45, 2.75) is 116 Å². The van der Waals surface area contributed by atoms with E-state index in [1.54, 1.807) is 6.92 Å². The maximum atomic E-state index is 11.6. The minimum absolute atomic E-state index is 0.132. The summed E-state index contributed by atoms with van der Waals surface area (Å²) >= 11 is 0. The molecule has 0 saturated heterocycles. The summed E-state index contributed by atoms with van der Waals surface area (Å²) < 4.78 is 0. The van der Waals surface area contributed by atoms with Crippen LogP contribution in [0, 0.1) is 0 Å². The molecular weight excluding hydrogens is 302 g/mol. The zero-order chi connectivity index (χ0) is 18.0. The van der Waals surface area contributed by atoms with E-state index >= 15 is 0 Å². The number of carboxylic acid groups (broad SMARTS) is 1. The Hall–Kier alpha value is -1.06. The summed E-state index contributed by atoms with van der Waals surface area (Å²) in [6.07, 6.45) is 17.5. The van der Waals surface area contributed by atoms with Crippen LogP contribution < -0.4 is 5.32 Å². The molecule has 24 heavy (non-hydrogen) atoms. The molecule has 0 aliphatic heterocycles. The van der Waals surface area contributed by atoms with Gasteiger partial charge in [0, 0.05) is 6.42 Å². The zero-order valence-corrected chi connectivity index (χ0v) is 15.9. The molecule has 0 aromatic heterocycles. The van der Waals surface area contributed by atoms with E-state index in [2.05, 4.69) is 12.2 Å². The fourth-order valence-corrected chi connectivity index (χ4v) is 2.91. The number of amides is 1. The lowest BCUT2D eigenvalue weighted by Crippen LogP contribution is -2.40. The van der Waals surface area contributed by atoms with Gasteiger partial charge in [-0.2, -0.15) is 0 Å². The average molecular weight is 342 g/mol. The molecule has 2 N–H and O–H groups in total. The highest BCUT2D eigenvalue weighted by molar-refractivity contribution is 5.83. The molecule has 0 aromatic rings. The Labute approximate surface area is 148 Å². The highest BCUT2D eigenvalue weighted by atomic mass is 16.4. The summed E-state index contributed by atoms with van der Waals surface area (Å²) in [6.45, 7) is 4.02. The highest BCUT2D eigenvalue weighted by Gasteiger charge is 2.16. The minimum Gasteiger partial charge on any atom is -0.480 e. The van der Waals surface area contributed by atoms with Crippen molar-refractivity contribution in [2.24, 2.45) is 0 Å². The van der Waals surface area contributed by atoms with Crippen molar-refractivity contribution in [1.82, 2.24) is 5.32 Å². The van der Waals surface area contributed by atoms with Crippen molar-refractivity contribution in [2.75, 3.05) is 0 Å². The predicted octanol–water partition coefficient (Wildman–Crippen LogP) is 5.45. The highest BCUT2D eigenvalue weighted by Crippen LogP contribution is 2.12. The maximum Gasteiger partial charge on any atom is 0.326 e. The van der Waals surface area contributed by atoms with Crippen LogP contribution in [0.15, 0.2) is 0 Å². The van der Waals surface area contributed by atoms with E-state index in [9.17, 15) is 9.59 Å². The Bertz CT molecular complexity index is 318. The summed E-state index contributed by atoms with van der Waals surface area (Å²) in [6, 6.07) is -0.737. The molecule has 0 fully saturated rings. The van der Waals surface area contributed by atoms with E-state index in [1.807, 2.05) is 0 Å². The molecule has 0 aliphatic carbocycles. The molecular formula is C20H39NO3. The van der Waals surface area contributed by atoms with Gasteiger partial charge in [-0.15, -0.1) is 0 Å². The van der Waals surface area contributed by atoms with Gasteiger partial charge in [-0.25, -0.2) is 4.79 Å². The molecule has 142 valence electrons. The number of aliphatic carboxylic acids is 1. The van der Waals surface area contributed by atoms with Gasteiger partial charge < -0.3 is 10.4 Å². The molecule has 1 atom stereocenters. The molecule has 0 radical (unpaired) electrons. The lowest BCUT2D eigenvalue weighted by molar-refractivity contribution is -0.141. The zero-order valence-electron chi connectivity index (χ0n) is 15.9. The predicted molar refractivity (Wildman–Crippen MR) is 100 cm³/mol. The van der Waals surface area contributed by atoms with Gasteiger partial charge in [-0.3, -0.25) is 4.79 Å². The van der Waals surface area contributed by atoms with Crippen LogP contribution in [0.25, 0.3) is 0 Å². The van der Waals surface area contributed by atoms with Gasteiger partial charge in [0.05, 0.1) is 0 Å². The summed E-state index contributed by atoms with van der Waals surface area (Å²) in [5.41, 5.74) is 0. The normalized spacial score (nSPS) is 12.1. The second-order valence-electron chi connectivity index (χ2n) is 6.86. The van der Waals surface area contributed by atoms with E-state index in [-0.39, 0.29) is 5.91 Å². The monoisotopic (exact) mass is 341 g/mol. The molecule has 0 rings (SSSR count). The molecule has 0 saturated carbocycles. The first kappa shape index (κ1) is 22.9. The Morgan fingerprint density at radius 2 is 1.17 bits per heavy atom. The molecule has 4 heteroatoms. The summed E-state index contributed by atoms with van der Waals surface area (Å²) in [7, 11) is 0. The first-order valence-corrected chi connectivity index (χ1v) is 10.1. The van der Waals surface area contributed by atoms with Gasteiger partial charge in [0.15, 0.2) is 0 Å². The van der Waals surface area contributed by atoms with Crippen LogP contribution in [0.5, 0.6) is 0 Å². The lowest BCUT2D eigenvalue weighted by Gasteiger charge is -2.11. The largest absolute Gasteiger partial charge is 0.480 e. The SMILES string of the molecule is CCCCCCCCCCCCCCCC(=O)NC(CC)C(=O)O. The lowest BCUT2D eigenvalue weighted by atomic mass is 10.0. The Morgan fingerprint density at radius 1 is 0.750 bits per heavy atom. The number of hydrogen-bond donors (Lipinski definition) is 2. The third-order valence-electron chi connectivity index (χ3n) is 4.55. The number of carbonyl (C=O) groups excluding carboxylic acids is 1. The van der Waals surface area contributed by atoms with Gasteiger partial charge in [0.25, 0.3) is 0 Å². The second-order valence-corrected chi connectivity index (χ2v) is 6.86. The number of rotatable bonds is 17. The number of carbonyl (C=O) groups is 2. The number of unbranched alkanes of at least 4 members (excludes halogenated alkanes) is 12. The van der Waals surface area contributed by atoms with Crippen LogP contribution in [0.2, 0.25) is 0 Å². The van der Waals surface area contributed by atoms with Crippen molar-refractivity contribution in [3.63, 3.8) is 0 Å². The summed E-state index contributed by atoms with van der Waals surface area (Å²) in [5.74, 6) is -1.08. The van der Waals surface area contributed by atoms with Gasteiger partial charge in [0.2, 0.25) is 5.91 Å². The van der Waals surface area contributed by atoms with Crippen molar-refractivity contribution >= 4 is 11.9 Å². The Balaban J connectivity index is 3.30. The number of carboxylic acids is 1. The fraction of sp³-hybridized carbons (Fsp3) is 0.900. The third-order valence-corrected chi connectivity index (χ3v) is 4.55. The summed E-state index contributed by atoms with van der Waals surface area (Å²) in [5, 5.41) is 11.5. The molecule has 1 unspecified atom stereocenters. The number of hydrogen-bond acceptors (Lipinski definition) is 2. The smallest absolute Gasteiger partial charge is 0.326 e. The van der Waals surface area contributed by atoms with Gasteiger partial charge >= 0.3 is 5.97 Å². The molecule has 0 bridgehead atoms. The van der Waals surface area contributed by atoms with Gasteiger partial charge in [-0.05, 0) is 12.8 Å². The average Bonchev–Trinajstić information content (AvgIpc) is 2.56. The summed E-state index contributed by atoms with van der Waals surface area (Å²) in [4.78, 5) is 22.5. The van der Waals surface area contributed by atoms with Crippen LogP contribution in [0.1, 0.15) is 110 Å². The van der Waals surface area contributed by atoms with E-state index in [0.717, 1.165) is 12.8 Å². The van der Waals surface area contributed by atoms with Crippen LogP contribution in [-0.2, 0) is 9.59 Å². The van der Waals surface area contributed by atoms with E-state index < -0.39 is 12.0 Å². The van der Waals surface area contributed by atoms with Crippen molar-refractivity contribution in [3.05, 3.63) is 0 Å². The quantitative estimate of drug-likeness (QED) is 0.346. The van der Waals surface area contributed by atoms with Gasteiger partial charge in [-0.1, -0.05) is 90.9 Å².